The Kier molecular flexibility index (Phi) is 5.32. The van der Waals surface area contributed by atoms with E-state index in [9.17, 15) is 0 Å². The number of hydrogen-bond acceptors (Lipinski definition) is 3. The second-order valence-corrected chi connectivity index (χ2v) is 3.64. The molecule has 1 aromatic heterocycles. The minimum atomic E-state index is -1.000. The molecule has 0 aliphatic carbocycles. The first-order valence-electron chi connectivity index (χ1n) is 4.56. The van der Waals surface area contributed by atoms with Gasteiger partial charge in [-0.1, -0.05) is 41.9 Å². The van der Waals surface area contributed by atoms with Crippen molar-refractivity contribution in [2.75, 3.05) is 0 Å². The maximum Gasteiger partial charge on any atom is 0.347 e. The Labute approximate surface area is 109 Å². The van der Waals surface area contributed by atoms with Crippen LogP contribution in [0.5, 0.6) is 0 Å². The standard InChI is InChI=1S/C10H7ClN2.CH2O2S/c11-10-7-6-9(12-13-10)8-4-2-1-3-5-8;2-1(3)4/h1-7H;(H2,2,3,4). The van der Waals surface area contributed by atoms with Crippen LogP contribution in [0.4, 0.5) is 0 Å². The summed E-state index contributed by atoms with van der Waals surface area (Å²) in [6.07, 6.45) is 0. The minimum Gasteiger partial charge on any atom is -0.473 e. The van der Waals surface area contributed by atoms with Crippen molar-refractivity contribution in [3.8, 4) is 11.3 Å². The molecule has 88 valence electrons. The summed E-state index contributed by atoms with van der Waals surface area (Å²) in [5, 5.41) is 21.8. The van der Waals surface area contributed by atoms with Gasteiger partial charge in [0.05, 0.1) is 5.69 Å². The maximum atomic E-state index is 7.34. The normalized spacial score (nSPS) is 9.00. The van der Waals surface area contributed by atoms with E-state index in [1.807, 2.05) is 36.4 Å². The van der Waals surface area contributed by atoms with Gasteiger partial charge in [-0.05, 0) is 12.1 Å². The van der Waals surface area contributed by atoms with Crippen LogP contribution >= 0.6 is 23.8 Å². The van der Waals surface area contributed by atoms with E-state index >= 15 is 0 Å². The van der Waals surface area contributed by atoms with Crippen LogP contribution in [0.15, 0.2) is 42.5 Å². The van der Waals surface area contributed by atoms with Gasteiger partial charge < -0.3 is 10.2 Å². The van der Waals surface area contributed by atoms with Crippen molar-refractivity contribution in [2.45, 2.75) is 0 Å². The molecule has 0 spiro atoms. The SMILES string of the molecule is Clc1ccc(-c2ccccc2)nn1.OC(O)=S. The fourth-order valence-corrected chi connectivity index (χ4v) is 1.18. The number of aliphatic hydroxyl groups excluding tert-OH is 1. The predicted octanol–water partition coefficient (Wildman–Crippen LogP) is 3.18. The van der Waals surface area contributed by atoms with Crippen molar-refractivity contribution in [3.05, 3.63) is 47.6 Å². The minimum absolute atomic E-state index is 0.416. The molecule has 4 nitrogen and oxygen atoms in total. The molecule has 6 heteroatoms. The first-order chi connectivity index (χ1) is 8.09. The third-order valence-electron chi connectivity index (χ3n) is 1.70. The summed E-state index contributed by atoms with van der Waals surface area (Å²) < 4.78 is 0. The van der Waals surface area contributed by atoms with E-state index in [1.165, 1.54) is 0 Å². The molecule has 0 unspecified atom stereocenters. The molecule has 0 aliphatic heterocycles. The maximum absolute atomic E-state index is 7.34. The Bertz CT molecular complexity index is 473. The fraction of sp³-hybridized carbons (Fsp3) is 0. The number of aromatic nitrogens is 2. The van der Waals surface area contributed by atoms with Gasteiger partial charge in [-0.25, -0.2) is 0 Å². The zero-order valence-corrected chi connectivity index (χ0v) is 10.2. The predicted molar refractivity (Wildman–Crippen MR) is 70.3 cm³/mol. The third kappa shape index (κ3) is 5.24. The summed E-state index contributed by atoms with van der Waals surface area (Å²) >= 11 is 9.27. The Morgan fingerprint density at radius 1 is 1.00 bits per heavy atom. The average molecular weight is 269 g/mol. The highest BCUT2D eigenvalue weighted by molar-refractivity contribution is 7.79. The highest BCUT2D eigenvalue weighted by Gasteiger charge is 1.97. The lowest BCUT2D eigenvalue weighted by Gasteiger charge is -1.97. The van der Waals surface area contributed by atoms with E-state index in [4.69, 9.17) is 21.8 Å². The fourth-order valence-electron chi connectivity index (χ4n) is 1.08. The van der Waals surface area contributed by atoms with E-state index in [2.05, 4.69) is 22.4 Å². The Morgan fingerprint density at radius 3 is 2.06 bits per heavy atom. The van der Waals surface area contributed by atoms with Crippen LogP contribution < -0.4 is 0 Å². The molecule has 17 heavy (non-hydrogen) atoms. The van der Waals surface area contributed by atoms with Gasteiger partial charge in [-0.2, -0.15) is 0 Å². The molecule has 0 aliphatic rings. The summed E-state index contributed by atoms with van der Waals surface area (Å²) in [6, 6.07) is 13.4. The Balaban J connectivity index is 0.000000317. The lowest BCUT2D eigenvalue weighted by atomic mass is 10.1. The number of rotatable bonds is 1. The van der Waals surface area contributed by atoms with Crippen LogP contribution in [0.25, 0.3) is 11.3 Å². The second kappa shape index (κ2) is 6.78. The van der Waals surface area contributed by atoms with Crippen molar-refractivity contribution in [1.29, 1.82) is 0 Å². The number of halogens is 1. The molecular formula is C11H9ClN2O2S. The zero-order valence-electron chi connectivity index (χ0n) is 8.62. The number of thiocarbonyl (C=S) groups is 1. The number of benzene rings is 1. The van der Waals surface area contributed by atoms with Crippen molar-refractivity contribution < 1.29 is 10.2 Å². The lowest BCUT2D eigenvalue weighted by Crippen LogP contribution is -1.86. The van der Waals surface area contributed by atoms with Crippen LogP contribution in [-0.2, 0) is 0 Å². The first-order valence-corrected chi connectivity index (χ1v) is 5.35. The van der Waals surface area contributed by atoms with Gasteiger partial charge in [0.25, 0.3) is 0 Å². The molecule has 1 heterocycles. The first kappa shape index (κ1) is 13.3. The highest BCUT2D eigenvalue weighted by Crippen LogP contribution is 2.15. The number of nitrogens with zero attached hydrogens (tertiary/aromatic N) is 2. The molecule has 0 fully saturated rings. The van der Waals surface area contributed by atoms with Crippen LogP contribution in [-0.4, -0.2) is 25.6 Å². The topological polar surface area (TPSA) is 66.2 Å². The third-order valence-corrected chi connectivity index (χ3v) is 1.90. The van der Waals surface area contributed by atoms with Gasteiger partial charge in [-0.3, -0.25) is 0 Å². The highest BCUT2D eigenvalue weighted by atomic mass is 35.5. The summed E-state index contributed by atoms with van der Waals surface area (Å²) in [7, 11) is 0. The van der Waals surface area contributed by atoms with Gasteiger partial charge in [0, 0.05) is 17.8 Å². The van der Waals surface area contributed by atoms with Gasteiger partial charge >= 0.3 is 5.24 Å². The average Bonchev–Trinajstić information content (AvgIpc) is 2.30. The van der Waals surface area contributed by atoms with Crippen molar-refractivity contribution in [3.63, 3.8) is 0 Å². The zero-order chi connectivity index (χ0) is 12.7. The Hall–Kier alpha value is -1.72. The summed E-state index contributed by atoms with van der Waals surface area (Å²) in [5.41, 5.74) is 1.89. The molecule has 2 aromatic rings. The van der Waals surface area contributed by atoms with Crippen LogP contribution in [0.2, 0.25) is 5.15 Å². The Morgan fingerprint density at radius 2 is 1.59 bits per heavy atom. The van der Waals surface area contributed by atoms with E-state index < -0.39 is 5.24 Å². The lowest BCUT2D eigenvalue weighted by molar-refractivity contribution is 0.386. The smallest absolute Gasteiger partial charge is 0.347 e. The molecule has 0 radical (unpaired) electrons. The molecule has 1 aromatic carbocycles. The van der Waals surface area contributed by atoms with Crippen LogP contribution in [0, 0.1) is 0 Å². The largest absolute Gasteiger partial charge is 0.473 e. The molecule has 0 amide bonds. The molecule has 0 atom stereocenters. The van der Waals surface area contributed by atoms with Gasteiger partial charge in [0.2, 0.25) is 0 Å². The van der Waals surface area contributed by atoms with Crippen LogP contribution in [0.1, 0.15) is 0 Å². The van der Waals surface area contributed by atoms with Crippen molar-refractivity contribution >= 4 is 29.1 Å². The van der Waals surface area contributed by atoms with E-state index in [-0.39, 0.29) is 0 Å². The quantitative estimate of drug-likeness (QED) is 0.778. The monoisotopic (exact) mass is 268 g/mol. The second-order valence-electron chi connectivity index (χ2n) is 2.89. The molecular weight excluding hydrogens is 260 g/mol. The van der Waals surface area contributed by atoms with Gasteiger partial charge in [-0.15, -0.1) is 10.2 Å². The van der Waals surface area contributed by atoms with Gasteiger partial charge in [0.1, 0.15) is 0 Å². The molecule has 2 N–H and O–H groups in total. The van der Waals surface area contributed by atoms with Crippen molar-refractivity contribution in [2.24, 2.45) is 0 Å². The molecule has 2 rings (SSSR count). The van der Waals surface area contributed by atoms with Crippen LogP contribution in [0.3, 0.4) is 0 Å². The van der Waals surface area contributed by atoms with E-state index in [1.54, 1.807) is 6.07 Å². The van der Waals surface area contributed by atoms with E-state index in [0.717, 1.165) is 11.3 Å². The molecule has 0 bridgehead atoms. The van der Waals surface area contributed by atoms with Gasteiger partial charge in [0.15, 0.2) is 5.15 Å². The van der Waals surface area contributed by atoms with E-state index in [0.29, 0.717) is 5.15 Å². The summed E-state index contributed by atoms with van der Waals surface area (Å²) in [6.45, 7) is 0. The summed E-state index contributed by atoms with van der Waals surface area (Å²) in [5.74, 6) is 0. The molecule has 0 saturated heterocycles. The van der Waals surface area contributed by atoms with Crippen molar-refractivity contribution in [1.82, 2.24) is 10.2 Å². The number of aliphatic hydroxyl groups is 2. The summed E-state index contributed by atoms with van der Waals surface area (Å²) in [4.78, 5) is 0. The molecule has 0 saturated carbocycles. The number of hydrogen-bond donors (Lipinski definition) is 2.